The van der Waals surface area contributed by atoms with E-state index in [1.807, 2.05) is 0 Å². The van der Waals surface area contributed by atoms with E-state index in [-0.39, 0.29) is 24.3 Å². The second-order valence-corrected chi connectivity index (χ2v) is 5.83. The highest BCUT2D eigenvalue weighted by atomic mass is 19.1. The summed E-state index contributed by atoms with van der Waals surface area (Å²) in [5.74, 6) is -2.77. The first-order chi connectivity index (χ1) is 11.1. The van der Waals surface area contributed by atoms with Gasteiger partial charge in [-0.25, -0.2) is 8.78 Å². The molecule has 1 unspecified atom stereocenters. The lowest BCUT2D eigenvalue weighted by molar-refractivity contribution is -0.122. The lowest BCUT2D eigenvalue weighted by Crippen LogP contribution is -2.28. The van der Waals surface area contributed by atoms with Crippen LogP contribution in [0.2, 0.25) is 0 Å². The minimum atomic E-state index is -0.993. The molecule has 0 saturated carbocycles. The van der Waals surface area contributed by atoms with Crippen LogP contribution in [0.1, 0.15) is 48.6 Å². The first-order valence-electron chi connectivity index (χ1n) is 7.93. The molecule has 0 aliphatic carbocycles. The fraction of sp³-hybridized carbons (Fsp3) is 0.529. The summed E-state index contributed by atoms with van der Waals surface area (Å²) < 4.78 is 29.0. The normalized spacial score (nSPS) is 16.8. The Bertz CT molecular complexity index is 549. The van der Waals surface area contributed by atoms with Crippen LogP contribution in [0, 0.1) is 11.6 Å². The molecule has 2 N–H and O–H groups in total. The third-order valence-electron chi connectivity index (χ3n) is 4.40. The van der Waals surface area contributed by atoms with Gasteiger partial charge in [0.15, 0.2) is 0 Å². The van der Waals surface area contributed by atoms with Crippen molar-refractivity contribution in [1.29, 1.82) is 0 Å². The zero-order valence-electron chi connectivity index (χ0n) is 13.2. The van der Waals surface area contributed by atoms with Crippen molar-refractivity contribution in [2.24, 2.45) is 0 Å². The van der Waals surface area contributed by atoms with Gasteiger partial charge in [0.25, 0.3) is 0 Å². The van der Waals surface area contributed by atoms with Gasteiger partial charge in [0.05, 0.1) is 5.92 Å². The number of amides is 1. The van der Waals surface area contributed by atoms with Crippen molar-refractivity contribution in [3.63, 3.8) is 0 Å². The Hall–Kier alpha value is -1.82. The smallest absolute Gasteiger partial charge is 0.227 e. The van der Waals surface area contributed by atoms with Crippen molar-refractivity contribution in [2.75, 3.05) is 20.1 Å². The average Bonchev–Trinajstić information content (AvgIpc) is 2.57. The highest BCUT2D eigenvalue weighted by Crippen LogP contribution is 2.32. The van der Waals surface area contributed by atoms with E-state index in [9.17, 15) is 18.4 Å². The molecule has 0 radical (unpaired) electrons. The molecule has 2 rings (SSSR count). The Morgan fingerprint density at radius 2 is 1.96 bits per heavy atom. The molecule has 0 bridgehead atoms. The second kappa shape index (κ2) is 8.15. The van der Waals surface area contributed by atoms with Gasteiger partial charge in [0.1, 0.15) is 17.9 Å². The van der Waals surface area contributed by atoms with Crippen LogP contribution in [-0.4, -0.2) is 32.3 Å². The standard InChI is InChI=1S/C17H22F2N2O2/c1-20-17(23)13(3-2-8-22)16-14(18)9-12(10-15(16)19)11-4-6-21-7-5-11/h8-11,13,21H,2-7H2,1H3,(H,20,23). The Balaban J connectivity index is 2.33. The number of piperidine rings is 1. The van der Waals surface area contributed by atoms with Crippen LogP contribution in [0.3, 0.4) is 0 Å². The molecule has 1 atom stereocenters. The number of hydrogen-bond acceptors (Lipinski definition) is 3. The van der Waals surface area contributed by atoms with E-state index < -0.39 is 23.5 Å². The number of likely N-dealkylation sites (N-methyl/N-ethyl adjacent to an activating group) is 1. The first-order valence-corrected chi connectivity index (χ1v) is 7.93. The molecular weight excluding hydrogens is 302 g/mol. The van der Waals surface area contributed by atoms with E-state index >= 15 is 0 Å². The number of rotatable bonds is 6. The summed E-state index contributed by atoms with van der Waals surface area (Å²) in [6.07, 6.45) is 2.48. The van der Waals surface area contributed by atoms with Gasteiger partial charge in [-0.15, -0.1) is 0 Å². The molecule has 1 aliphatic rings. The SMILES string of the molecule is CNC(=O)C(CCC=O)c1c(F)cc(C2CCNCC2)cc1F. The maximum Gasteiger partial charge on any atom is 0.227 e. The van der Waals surface area contributed by atoms with Crippen molar-refractivity contribution in [2.45, 2.75) is 37.5 Å². The highest BCUT2D eigenvalue weighted by molar-refractivity contribution is 5.83. The molecule has 1 aromatic rings. The number of benzene rings is 1. The molecule has 126 valence electrons. The first kappa shape index (κ1) is 17.5. The Morgan fingerprint density at radius 1 is 1.35 bits per heavy atom. The average molecular weight is 324 g/mol. The van der Waals surface area contributed by atoms with Crippen LogP contribution in [0.25, 0.3) is 0 Å². The molecule has 23 heavy (non-hydrogen) atoms. The monoisotopic (exact) mass is 324 g/mol. The summed E-state index contributed by atoms with van der Waals surface area (Å²) in [5.41, 5.74) is 0.389. The van der Waals surface area contributed by atoms with Gasteiger partial charge in [-0.05, 0) is 56.0 Å². The van der Waals surface area contributed by atoms with Crippen molar-refractivity contribution in [3.8, 4) is 0 Å². The topological polar surface area (TPSA) is 58.2 Å². The van der Waals surface area contributed by atoms with Gasteiger partial charge < -0.3 is 15.4 Å². The van der Waals surface area contributed by atoms with Crippen molar-refractivity contribution >= 4 is 12.2 Å². The van der Waals surface area contributed by atoms with E-state index in [1.165, 1.54) is 19.2 Å². The van der Waals surface area contributed by atoms with E-state index in [0.717, 1.165) is 25.9 Å². The van der Waals surface area contributed by atoms with E-state index in [1.54, 1.807) is 0 Å². The summed E-state index contributed by atoms with van der Waals surface area (Å²) >= 11 is 0. The fourth-order valence-electron chi connectivity index (χ4n) is 3.14. The van der Waals surface area contributed by atoms with Crippen molar-refractivity contribution < 1.29 is 18.4 Å². The van der Waals surface area contributed by atoms with Gasteiger partial charge in [0.2, 0.25) is 5.91 Å². The van der Waals surface area contributed by atoms with E-state index in [2.05, 4.69) is 10.6 Å². The molecule has 1 heterocycles. The third-order valence-corrected chi connectivity index (χ3v) is 4.40. The minimum absolute atomic E-state index is 0.0764. The maximum atomic E-state index is 14.5. The van der Waals surface area contributed by atoms with E-state index in [4.69, 9.17) is 0 Å². The van der Waals surface area contributed by atoms with E-state index in [0.29, 0.717) is 11.8 Å². The van der Waals surface area contributed by atoms with Crippen molar-refractivity contribution in [1.82, 2.24) is 10.6 Å². The van der Waals surface area contributed by atoms with Gasteiger partial charge in [-0.3, -0.25) is 4.79 Å². The summed E-state index contributed by atoms with van der Waals surface area (Å²) in [6.45, 7) is 1.66. The molecule has 1 amide bonds. The lowest BCUT2D eigenvalue weighted by Gasteiger charge is -2.24. The maximum absolute atomic E-state index is 14.5. The van der Waals surface area contributed by atoms with Gasteiger partial charge in [-0.1, -0.05) is 0 Å². The molecule has 0 spiro atoms. The van der Waals surface area contributed by atoms with Crippen LogP contribution in [0.4, 0.5) is 8.78 Å². The van der Waals surface area contributed by atoms with Gasteiger partial charge >= 0.3 is 0 Å². The zero-order valence-corrected chi connectivity index (χ0v) is 13.2. The zero-order chi connectivity index (χ0) is 16.8. The van der Waals surface area contributed by atoms with Crippen LogP contribution in [0.15, 0.2) is 12.1 Å². The summed E-state index contributed by atoms with van der Waals surface area (Å²) in [4.78, 5) is 22.5. The number of carbonyl (C=O) groups excluding carboxylic acids is 2. The second-order valence-electron chi connectivity index (χ2n) is 5.83. The number of halogens is 2. The Morgan fingerprint density at radius 3 is 2.48 bits per heavy atom. The van der Waals surface area contributed by atoms with Crippen LogP contribution >= 0.6 is 0 Å². The quantitative estimate of drug-likeness (QED) is 0.789. The fourth-order valence-corrected chi connectivity index (χ4v) is 3.14. The summed E-state index contributed by atoms with van der Waals surface area (Å²) in [5, 5.41) is 5.62. The number of nitrogens with one attached hydrogen (secondary N) is 2. The van der Waals surface area contributed by atoms with Crippen LogP contribution in [-0.2, 0) is 9.59 Å². The molecule has 1 aromatic carbocycles. The predicted molar refractivity (Wildman–Crippen MR) is 83.3 cm³/mol. The number of hydrogen-bond donors (Lipinski definition) is 2. The third kappa shape index (κ3) is 4.13. The molecule has 1 saturated heterocycles. The van der Waals surface area contributed by atoms with Crippen LogP contribution < -0.4 is 10.6 Å². The van der Waals surface area contributed by atoms with Gasteiger partial charge in [-0.2, -0.15) is 0 Å². The van der Waals surface area contributed by atoms with Crippen molar-refractivity contribution in [3.05, 3.63) is 34.9 Å². The molecule has 4 nitrogen and oxygen atoms in total. The minimum Gasteiger partial charge on any atom is -0.359 e. The molecule has 1 fully saturated rings. The lowest BCUT2D eigenvalue weighted by atomic mass is 9.86. The predicted octanol–water partition coefficient (Wildman–Crippen LogP) is 2.24. The molecule has 6 heteroatoms. The highest BCUT2D eigenvalue weighted by Gasteiger charge is 2.28. The Labute approximate surface area is 134 Å². The molecule has 0 aromatic heterocycles. The number of carbonyl (C=O) groups is 2. The largest absolute Gasteiger partial charge is 0.359 e. The summed E-state index contributed by atoms with van der Waals surface area (Å²) in [6, 6.07) is 2.68. The van der Waals surface area contributed by atoms with Crippen LogP contribution in [0.5, 0.6) is 0 Å². The Kier molecular flexibility index (Phi) is 6.21. The molecular formula is C17H22F2N2O2. The number of aldehydes is 1. The molecule has 1 aliphatic heterocycles. The van der Waals surface area contributed by atoms with Gasteiger partial charge in [0, 0.05) is 19.0 Å². The summed E-state index contributed by atoms with van der Waals surface area (Å²) in [7, 11) is 1.41.